The van der Waals surface area contributed by atoms with E-state index in [1.807, 2.05) is 0 Å². The van der Waals surface area contributed by atoms with Gasteiger partial charge in [0.15, 0.2) is 0 Å². The van der Waals surface area contributed by atoms with Crippen LogP contribution in [0.25, 0.3) is 0 Å². The second-order valence-electron chi connectivity index (χ2n) is 2.30. The SMILES string of the molecule is CCOC(=O)C(=O)Oc1cccnc1. The van der Waals surface area contributed by atoms with Crippen molar-refractivity contribution < 1.29 is 19.1 Å². The Hall–Kier alpha value is -1.91. The molecule has 5 heteroatoms. The fourth-order valence-electron chi connectivity index (χ4n) is 0.746. The number of nitrogens with zero attached hydrogens (tertiary/aromatic N) is 1. The molecule has 1 aromatic heterocycles. The fraction of sp³-hybridized carbons (Fsp3) is 0.222. The average molecular weight is 195 g/mol. The number of carbonyl (C=O) groups is 2. The lowest BCUT2D eigenvalue weighted by molar-refractivity contribution is -0.161. The van der Waals surface area contributed by atoms with Crippen LogP contribution in [0.4, 0.5) is 0 Å². The number of hydrogen-bond donors (Lipinski definition) is 0. The summed E-state index contributed by atoms with van der Waals surface area (Å²) in [5.74, 6) is -1.83. The topological polar surface area (TPSA) is 65.5 Å². The zero-order valence-electron chi connectivity index (χ0n) is 7.60. The van der Waals surface area contributed by atoms with E-state index in [4.69, 9.17) is 0 Å². The van der Waals surface area contributed by atoms with Crippen molar-refractivity contribution in [2.24, 2.45) is 0 Å². The number of carbonyl (C=O) groups excluding carboxylic acids is 2. The lowest BCUT2D eigenvalue weighted by Crippen LogP contribution is -2.22. The Morgan fingerprint density at radius 2 is 2.21 bits per heavy atom. The van der Waals surface area contributed by atoms with E-state index < -0.39 is 11.9 Å². The Morgan fingerprint density at radius 1 is 1.43 bits per heavy atom. The van der Waals surface area contributed by atoms with Gasteiger partial charge >= 0.3 is 11.9 Å². The highest BCUT2D eigenvalue weighted by Gasteiger charge is 2.17. The molecule has 0 atom stereocenters. The van der Waals surface area contributed by atoms with Gasteiger partial charge in [-0.1, -0.05) is 0 Å². The number of esters is 2. The van der Waals surface area contributed by atoms with Gasteiger partial charge in [0.1, 0.15) is 5.75 Å². The van der Waals surface area contributed by atoms with Crippen LogP contribution in [0, 0.1) is 0 Å². The lowest BCUT2D eigenvalue weighted by atomic mass is 10.5. The smallest absolute Gasteiger partial charge is 0.422 e. The van der Waals surface area contributed by atoms with Gasteiger partial charge < -0.3 is 9.47 Å². The summed E-state index contributed by atoms with van der Waals surface area (Å²) < 4.78 is 9.09. The van der Waals surface area contributed by atoms with E-state index in [0.29, 0.717) is 0 Å². The summed E-state index contributed by atoms with van der Waals surface area (Å²) in [4.78, 5) is 25.5. The van der Waals surface area contributed by atoms with Crippen LogP contribution in [0.5, 0.6) is 5.75 Å². The molecule has 0 amide bonds. The summed E-state index contributed by atoms with van der Waals surface area (Å²) in [6, 6.07) is 3.11. The zero-order valence-corrected chi connectivity index (χ0v) is 7.60. The van der Waals surface area contributed by atoms with Crippen molar-refractivity contribution >= 4 is 11.9 Å². The molecule has 0 saturated heterocycles. The van der Waals surface area contributed by atoms with Crippen molar-refractivity contribution in [1.82, 2.24) is 4.98 Å². The number of rotatable bonds is 2. The van der Waals surface area contributed by atoms with Gasteiger partial charge in [-0.2, -0.15) is 0 Å². The van der Waals surface area contributed by atoms with Gasteiger partial charge in [-0.25, -0.2) is 9.59 Å². The van der Waals surface area contributed by atoms with Crippen molar-refractivity contribution in [3.63, 3.8) is 0 Å². The molecule has 1 aromatic rings. The first kappa shape index (κ1) is 10.2. The summed E-state index contributed by atoms with van der Waals surface area (Å²) in [5, 5.41) is 0. The molecule has 0 bridgehead atoms. The molecule has 0 aromatic carbocycles. The van der Waals surface area contributed by atoms with Crippen LogP contribution in [0.3, 0.4) is 0 Å². The molecule has 1 heterocycles. The van der Waals surface area contributed by atoms with E-state index in [1.54, 1.807) is 13.0 Å². The van der Waals surface area contributed by atoms with E-state index in [2.05, 4.69) is 14.5 Å². The molecule has 0 radical (unpaired) electrons. The van der Waals surface area contributed by atoms with Crippen LogP contribution in [-0.4, -0.2) is 23.5 Å². The summed E-state index contributed by atoms with van der Waals surface area (Å²) in [6.45, 7) is 1.75. The molecular weight excluding hydrogens is 186 g/mol. The van der Waals surface area contributed by atoms with E-state index in [0.717, 1.165) is 0 Å². The highest BCUT2D eigenvalue weighted by atomic mass is 16.6. The van der Waals surface area contributed by atoms with Crippen molar-refractivity contribution in [3.05, 3.63) is 24.5 Å². The van der Waals surface area contributed by atoms with E-state index in [-0.39, 0.29) is 12.4 Å². The molecule has 0 aliphatic carbocycles. The minimum atomic E-state index is -1.04. The third-order valence-corrected chi connectivity index (χ3v) is 1.29. The van der Waals surface area contributed by atoms with Gasteiger partial charge in [0, 0.05) is 6.20 Å². The fourth-order valence-corrected chi connectivity index (χ4v) is 0.746. The maximum absolute atomic E-state index is 11.0. The second-order valence-corrected chi connectivity index (χ2v) is 2.30. The summed E-state index contributed by atoms with van der Waals surface area (Å²) in [7, 11) is 0. The standard InChI is InChI=1S/C9H9NO4/c1-2-13-8(11)9(12)14-7-4-3-5-10-6-7/h3-6H,2H2,1H3. The largest absolute Gasteiger partial charge is 0.458 e. The van der Waals surface area contributed by atoms with Crippen molar-refractivity contribution in [1.29, 1.82) is 0 Å². The van der Waals surface area contributed by atoms with Crippen LogP contribution < -0.4 is 4.74 Å². The predicted octanol–water partition coefficient (Wildman–Crippen LogP) is 0.550. The van der Waals surface area contributed by atoms with Gasteiger partial charge in [-0.3, -0.25) is 4.98 Å². The monoisotopic (exact) mass is 195 g/mol. The Bertz CT molecular complexity index is 323. The molecule has 0 spiro atoms. The maximum atomic E-state index is 11.0. The highest BCUT2D eigenvalue weighted by Crippen LogP contribution is 2.06. The molecule has 0 N–H and O–H groups in total. The molecule has 0 aliphatic rings. The quantitative estimate of drug-likeness (QED) is 0.509. The Labute approximate surface area is 80.7 Å². The Kier molecular flexibility index (Phi) is 3.60. The minimum Gasteiger partial charge on any atom is -0.458 e. The average Bonchev–Trinajstić information content (AvgIpc) is 2.19. The predicted molar refractivity (Wildman–Crippen MR) is 46.5 cm³/mol. The molecule has 1 rings (SSSR count). The highest BCUT2D eigenvalue weighted by molar-refractivity contribution is 6.30. The molecule has 0 fully saturated rings. The molecule has 0 unspecified atom stereocenters. The third kappa shape index (κ3) is 2.85. The summed E-state index contributed by atoms with van der Waals surface area (Å²) in [6.07, 6.45) is 2.86. The van der Waals surface area contributed by atoms with E-state index in [9.17, 15) is 9.59 Å². The van der Waals surface area contributed by atoms with Crippen molar-refractivity contribution in [2.75, 3.05) is 6.61 Å². The lowest BCUT2D eigenvalue weighted by Gasteiger charge is -2.01. The van der Waals surface area contributed by atoms with Gasteiger partial charge in [0.2, 0.25) is 0 Å². The normalized spacial score (nSPS) is 9.21. The number of pyridine rings is 1. The van der Waals surface area contributed by atoms with Gasteiger partial charge in [0.25, 0.3) is 0 Å². The van der Waals surface area contributed by atoms with Crippen molar-refractivity contribution in [2.45, 2.75) is 6.92 Å². The van der Waals surface area contributed by atoms with E-state index >= 15 is 0 Å². The van der Waals surface area contributed by atoms with Crippen LogP contribution in [0.1, 0.15) is 6.92 Å². The first-order chi connectivity index (χ1) is 6.74. The number of hydrogen-bond acceptors (Lipinski definition) is 5. The van der Waals surface area contributed by atoms with Crippen LogP contribution in [0.2, 0.25) is 0 Å². The first-order valence-electron chi connectivity index (χ1n) is 4.03. The molecule has 74 valence electrons. The number of ether oxygens (including phenoxy) is 2. The van der Waals surface area contributed by atoms with E-state index in [1.165, 1.54) is 18.5 Å². The summed E-state index contributed by atoms with van der Waals surface area (Å²) >= 11 is 0. The van der Waals surface area contributed by atoms with Crippen molar-refractivity contribution in [3.8, 4) is 5.75 Å². The molecule has 14 heavy (non-hydrogen) atoms. The minimum absolute atomic E-state index is 0.140. The summed E-state index contributed by atoms with van der Waals surface area (Å²) in [5.41, 5.74) is 0. The second kappa shape index (κ2) is 4.96. The maximum Gasteiger partial charge on any atom is 0.422 e. The first-order valence-corrected chi connectivity index (χ1v) is 4.03. The third-order valence-electron chi connectivity index (χ3n) is 1.29. The van der Waals surface area contributed by atoms with Crippen LogP contribution >= 0.6 is 0 Å². The molecule has 0 aliphatic heterocycles. The Balaban J connectivity index is 2.53. The molecule has 0 saturated carbocycles. The Morgan fingerprint density at radius 3 is 2.79 bits per heavy atom. The molecule has 5 nitrogen and oxygen atoms in total. The molecular formula is C9H9NO4. The van der Waals surface area contributed by atoms with Crippen LogP contribution in [0.15, 0.2) is 24.5 Å². The van der Waals surface area contributed by atoms with Gasteiger partial charge in [-0.15, -0.1) is 0 Å². The van der Waals surface area contributed by atoms with Crippen LogP contribution in [-0.2, 0) is 14.3 Å². The van der Waals surface area contributed by atoms with Gasteiger partial charge in [0.05, 0.1) is 12.8 Å². The number of aromatic nitrogens is 1. The van der Waals surface area contributed by atoms with Gasteiger partial charge in [-0.05, 0) is 19.1 Å². The zero-order chi connectivity index (χ0) is 10.4.